The monoisotopic (exact) mass is 290 g/mol. The number of nitrogens with zero attached hydrogens (tertiary/aromatic N) is 2. The number of halogens is 1. The fourth-order valence-electron chi connectivity index (χ4n) is 2.60. The van der Waals surface area contributed by atoms with Crippen LogP contribution in [-0.2, 0) is 4.74 Å². The second-order valence-corrected chi connectivity index (χ2v) is 5.50. The van der Waals surface area contributed by atoms with E-state index in [0.717, 1.165) is 25.0 Å². The maximum Gasteiger partial charge on any atom is 0.0799 e. The molecule has 3 nitrogen and oxygen atoms in total. The molecular weight excluding hydrogens is 268 g/mol. The third kappa shape index (κ3) is 3.99. The van der Waals surface area contributed by atoms with Gasteiger partial charge in [-0.05, 0) is 45.4 Å². The van der Waals surface area contributed by atoms with Crippen molar-refractivity contribution in [1.29, 1.82) is 0 Å². The van der Waals surface area contributed by atoms with Gasteiger partial charge in [0.1, 0.15) is 0 Å². The molecule has 1 unspecified atom stereocenters. The molecular formula is C12H23BrN2O. The second kappa shape index (κ2) is 6.94. The molecule has 2 heterocycles. The largest absolute Gasteiger partial charge is 0.375 e. The van der Waals surface area contributed by atoms with Gasteiger partial charge in [0.05, 0.1) is 12.7 Å². The molecule has 2 aliphatic rings. The summed E-state index contributed by atoms with van der Waals surface area (Å²) in [6.45, 7) is 8.30. The molecule has 1 atom stereocenters. The molecule has 16 heavy (non-hydrogen) atoms. The number of hydrogen-bond donors (Lipinski definition) is 0. The highest BCUT2D eigenvalue weighted by Gasteiger charge is 2.19. The van der Waals surface area contributed by atoms with E-state index in [-0.39, 0.29) is 0 Å². The summed E-state index contributed by atoms with van der Waals surface area (Å²) >= 11 is 3.50. The summed E-state index contributed by atoms with van der Waals surface area (Å²) in [5.74, 6) is 0. The summed E-state index contributed by atoms with van der Waals surface area (Å²) in [6.07, 6.45) is 4.53. The molecule has 94 valence electrons. The molecule has 0 saturated carbocycles. The fourth-order valence-corrected chi connectivity index (χ4v) is 2.99. The van der Waals surface area contributed by atoms with Gasteiger partial charge in [-0.1, -0.05) is 15.9 Å². The van der Waals surface area contributed by atoms with Gasteiger partial charge in [0, 0.05) is 18.4 Å². The highest BCUT2D eigenvalue weighted by Crippen LogP contribution is 2.10. The first-order valence-electron chi connectivity index (χ1n) is 6.51. The lowest BCUT2D eigenvalue weighted by Gasteiger charge is -2.32. The van der Waals surface area contributed by atoms with Gasteiger partial charge in [0.25, 0.3) is 0 Å². The number of hydrogen-bond acceptors (Lipinski definition) is 3. The average Bonchev–Trinajstić information content (AvgIpc) is 2.82. The second-order valence-electron chi connectivity index (χ2n) is 4.85. The summed E-state index contributed by atoms with van der Waals surface area (Å²) in [5.41, 5.74) is 0. The van der Waals surface area contributed by atoms with Crippen LogP contribution in [0.5, 0.6) is 0 Å². The molecule has 2 saturated heterocycles. The van der Waals surface area contributed by atoms with Gasteiger partial charge >= 0.3 is 0 Å². The van der Waals surface area contributed by atoms with Crippen molar-refractivity contribution < 1.29 is 4.74 Å². The van der Waals surface area contributed by atoms with Crippen LogP contribution < -0.4 is 0 Å². The maximum absolute atomic E-state index is 5.64. The van der Waals surface area contributed by atoms with Crippen molar-refractivity contribution >= 4 is 15.9 Å². The van der Waals surface area contributed by atoms with Gasteiger partial charge in [-0.3, -0.25) is 4.90 Å². The minimum absolute atomic E-state index is 0.403. The summed E-state index contributed by atoms with van der Waals surface area (Å²) in [7, 11) is 0. The maximum atomic E-state index is 5.64. The van der Waals surface area contributed by atoms with E-state index >= 15 is 0 Å². The van der Waals surface area contributed by atoms with E-state index in [2.05, 4.69) is 25.7 Å². The molecule has 0 aromatic carbocycles. The van der Waals surface area contributed by atoms with Crippen LogP contribution in [0.3, 0.4) is 0 Å². The standard InChI is InChI=1S/C12H23BrN2O/c13-10-12-11-15(8-9-16-12)7-3-6-14-4-1-2-5-14/h12H,1-11H2. The highest BCUT2D eigenvalue weighted by molar-refractivity contribution is 9.09. The number of alkyl halides is 1. The molecule has 0 radical (unpaired) electrons. The molecule has 0 aliphatic carbocycles. The van der Waals surface area contributed by atoms with Crippen LogP contribution in [0.15, 0.2) is 0 Å². The molecule has 0 N–H and O–H groups in total. The molecule has 2 aliphatic heterocycles. The Kier molecular flexibility index (Phi) is 5.56. The van der Waals surface area contributed by atoms with E-state index in [4.69, 9.17) is 4.74 Å². The van der Waals surface area contributed by atoms with Gasteiger partial charge in [-0.15, -0.1) is 0 Å². The normalized spacial score (nSPS) is 28.7. The quantitative estimate of drug-likeness (QED) is 0.715. The summed E-state index contributed by atoms with van der Waals surface area (Å²) in [6, 6.07) is 0. The molecule has 0 aromatic heterocycles. The Hall–Kier alpha value is 0.360. The van der Waals surface area contributed by atoms with Crippen molar-refractivity contribution in [2.75, 3.05) is 51.2 Å². The van der Waals surface area contributed by atoms with Crippen LogP contribution in [0.4, 0.5) is 0 Å². The zero-order valence-corrected chi connectivity index (χ0v) is 11.6. The number of rotatable bonds is 5. The van der Waals surface area contributed by atoms with Gasteiger partial charge < -0.3 is 9.64 Å². The van der Waals surface area contributed by atoms with E-state index in [1.807, 2.05) is 0 Å². The van der Waals surface area contributed by atoms with Gasteiger partial charge in [0.15, 0.2) is 0 Å². The Morgan fingerprint density at radius 3 is 2.56 bits per heavy atom. The third-order valence-electron chi connectivity index (χ3n) is 3.54. The Bertz CT molecular complexity index is 197. The van der Waals surface area contributed by atoms with Crippen molar-refractivity contribution in [2.24, 2.45) is 0 Å². The van der Waals surface area contributed by atoms with Crippen LogP contribution in [0.1, 0.15) is 19.3 Å². The zero-order chi connectivity index (χ0) is 11.2. The molecule has 2 rings (SSSR count). The third-order valence-corrected chi connectivity index (χ3v) is 4.26. The lowest BCUT2D eigenvalue weighted by molar-refractivity contribution is -0.0158. The summed E-state index contributed by atoms with van der Waals surface area (Å²) in [4.78, 5) is 5.15. The lowest BCUT2D eigenvalue weighted by Crippen LogP contribution is -2.44. The predicted molar refractivity (Wildman–Crippen MR) is 70.3 cm³/mol. The first-order chi connectivity index (χ1) is 7.88. The van der Waals surface area contributed by atoms with Gasteiger partial charge in [-0.2, -0.15) is 0 Å². The van der Waals surface area contributed by atoms with Crippen LogP contribution in [0.25, 0.3) is 0 Å². The van der Waals surface area contributed by atoms with E-state index in [1.54, 1.807) is 0 Å². The van der Waals surface area contributed by atoms with Crippen LogP contribution >= 0.6 is 15.9 Å². The van der Waals surface area contributed by atoms with E-state index in [0.29, 0.717) is 6.10 Å². The van der Waals surface area contributed by atoms with Gasteiger partial charge in [0.2, 0.25) is 0 Å². The molecule has 2 fully saturated rings. The van der Waals surface area contributed by atoms with Crippen molar-refractivity contribution in [3.8, 4) is 0 Å². The van der Waals surface area contributed by atoms with E-state index < -0.39 is 0 Å². The molecule has 0 spiro atoms. The Morgan fingerprint density at radius 2 is 1.81 bits per heavy atom. The van der Waals surface area contributed by atoms with Crippen molar-refractivity contribution in [3.05, 3.63) is 0 Å². The SMILES string of the molecule is BrCC1CN(CCCN2CCCC2)CCO1. The van der Waals surface area contributed by atoms with Gasteiger partial charge in [-0.25, -0.2) is 0 Å². The Balaban J connectivity index is 1.58. The summed E-state index contributed by atoms with van der Waals surface area (Å²) < 4.78 is 5.64. The highest BCUT2D eigenvalue weighted by atomic mass is 79.9. The number of morpholine rings is 1. The first kappa shape index (κ1) is 12.8. The molecule has 0 bridgehead atoms. The molecule has 0 amide bonds. The average molecular weight is 291 g/mol. The van der Waals surface area contributed by atoms with Crippen molar-refractivity contribution in [3.63, 3.8) is 0 Å². The Morgan fingerprint density at radius 1 is 1.06 bits per heavy atom. The minimum Gasteiger partial charge on any atom is -0.375 e. The van der Waals surface area contributed by atoms with E-state index in [1.165, 1.54) is 45.4 Å². The van der Waals surface area contributed by atoms with Crippen molar-refractivity contribution in [2.45, 2.75) is 25.4 Å². The number of ether oxygens (including phenoxy) is 1. The molecule has 0 aromatic rings. The van der Waals surface area contributed by atoms with Crippen molar-refractivity contribution in [1.82, 2.24) is 9.80 Å². The zero-order valence-electron chi connectivity index (χ0n) is 10.0. The van der Waals surface area contributed by atoms with Crippen LogP contribution in [0.2, 0.25) is 0 Å². The number of likely N-dealkylation sites (tertiary alicyclic amines) is 1. The lowest BCUT2D eigenvalue weighted by atomic mass is 10.2. The van der Waals surface area contributed by atoms with E-state index in [9.17, 15) is 0 Å². The summed E-state index contributed by atoms with van der Waals surface area (Å²) in [5, 5.41) is 0.968. The Labute approximate surface area is 107 Å². The fraction of sp³-hybridized carbons (Fsp3) is 1.00. The van der Waals surface area contributed by atoms with Crippen LogP contribution in [0, 0.1) is 0 Å². The molecule has 4 heteroatoms. The predicted octanol–water partition coefficient (Wildman–Crippen LogP) is 1.57. The smallest absolute Gasteiger partial charge is 0.0799 e. The minimum atomic E-state index is 0.403. The first-order valence-corrected chi connectivity index (χ1v) is 7.63. The van der Waals surface area contributed by atoms with Crippen LogP contribution in [-0.4, -0.2) is 67.1 Å². The topological polar surface area (TPSA) is 15.7 Å².